The summed E-state index contributed by atoms with van der Waals surface area (Å²) in [5.74, 6) is -2.22. The van der Waals surface area contributed by atoms with Crippen molar-refractivity contribution in [1.82, 2.24) is 4.57 Å². The summed E-state index contributed by atoms with van der Waals surface area (Å²) in [6.07, 6.45) is 2.75. The van der Waals surface area contributed by atoms with Gasteiger partial charge in [-0.2, -0.15) is 0 Å². The van der Waals surface area contributed by atoms with Crippen LogP contribution in [0.15, 0.2) is 23.4 Å². The van der Waals surface area contributed by atoms with Gasteiger partial charge in [-0.3, -0.25) is 4.79 Å². The van der Waals surface area contributed by atoms with E-state index in [1.807, 2.05) is 0 Å². The van der Waals surface area contributed by atoms with Crippen molar-refractivity contribution in [2.75, 3.05) is 25.1 Å². The quantitative estimate of drug-likeness (QED) is 0.857. The third-order valence-electron chi connectivity index (χ3n) is 4.39. The molecule has 0 saturated carbocycles. The van der Waals surface area contributed by atoms with E-state index in [9.17, 15) is 23.5 Å². The van der Waals surface area contributed by atoms with E-state index in [4.69, 9.17) is 10.5 Å². The maximum atomic E-state index is 14.8. The first kappa shape index (κ1) is 17.9. The van der Waals surface area contributed by atoms with Gasteiger partial charge in [0.15, 0.2) is 11.6 Å². The van der Waals surface area contributed by atoms with Gasteiger partial charge < -0.3 is 25.0 Å². The van der Waals surface area contributed by atoms with Gasteiger partial charge in [-0.25, -0.2) is 13.6 Å². The fraction of sp³-hybridized carbons (Fsp3) is 0.294. The second-order valence-corrected chi connectivity index (χ2v) is 5.99. The maximum absolute atomic E-state index is 14.8. The van der Waals surface area contributed by atoms with Crippen molar-refractivity contribution in [2.24, 2.45) is 5.73 Å². The largest absolute Gasteiger partial charge is 0.492 e. The molecular formula is C17H17F2N3O4. The van der Waals surface area contributed by atoms with Gasteiger partial charge in [0.2, 0.25) is 5.43 Å². The molecule has 1 fully saturated rings. The second-order valence-electron chi connectivity index (χ2n) is 5.99. The van der Waals surface area contributed by atoms with Gasteiger partial charge in [0.25, 0.3) is 0 Å². The lowest BCUT2D eigenvalue weighted by molar-refractivity contribution is 0.0695. The molecule has 0 amide bonds. The van der Waals surface area contributed by atoms with E-state index < -0.39 is 22.8 Å². The van der Waals surface area contributed by atoms with Gasteiger partial charge >= 0.3 is 5.97 Å². The number of methoxy groups -OCH3 is 1. The topological polar surface area (TPSA) is 97.8 Å². The summed E-state index contributed by atoms with van der Waals surface area (Å²) < 4.78 is 34.1. The molecule has 1 aliphatic rings. The van der Waals surface area contributed by atoms with E-state index in [1.54, 1.807) is 4.90 Å². The van der Waals surface area contributed by atoms with Gasteiger partial charge in [0.1, 0.15) is 23.1 Å². The Kier molecular flexibility index (Phi) is 4.64. The molecule has 0 bridgehead atoms. The zero-order chi connectivity index (χ0) is 19.0. The number of ether oxygens (including phenoxy) is 1. The van der Waals surface area contributed by atoms with Crippen LogP contribution >= 0.6 is 0 Å². The van der Waals surface area contributed by atoms with Crippen molar-refractivity contribution in [2.45, 2.75) is 12.5 Å². The number of aromatic nitrogens is 1. The normalized spacial score (nSPS) is 17.4. The lowest BCUT2D eigenvalue weighted by atomic mass is 10.1. The molecule has 138 valence electrons. The first-order valence-corrected chi connectivity index (χ1v) is 7.85. The third kappa shape index (κ3) is 2.80. The number of anilines is 1. The lowest BCUT2D eigenvalue weighted by Crippen LogP contribution is -2.27. The summed E-state index contributed by atoms with van der Waals surface area (Å²) in [6, 6.07) is 0.825. The van der Waals surface area contributed by atoms with Crippen LogP contribution < -0.4 is 20.8 Å². The summed E-state index contributed by atoms with van der Waals surface area (Å²) >= 11 is 0. The Morgan fingerprint density at radius 3 is 2.77 bits per heavy atom. The molecule has 1 aromatic carbocycles. The number of rotatable bonds is 4. The Hall–Kier alpha value is -2.94. The summed E-state index contributed by atoms with van der Waals surface area (Å²) in [5.41, 5.74) is 4.59. The van der Waals surface area contributed by atoms with Crippen LogP contribution in [0, 0.1) is 5.82 Å². The zero-order valence-corrected chi connectivity index (χ0v) is 13.9. The van der Waals surface area contributed by atoms with Crippen molar-refractivity contribution >= 4 is 28.8 Å². The van der Waals surface area contributed by atoms with Gasteiger partial charge in [-0.05, 0) is 12.5 Å². The predicted molar refractivity (Wildman–Crippen MR) is 92.9 cm³/mol. The number of hydrogen-bond donors (Lipinski definition) is 2. The molecule has 0 spiro atoms. The van der Waals surface area contributed by atoms with Crippen molar-refractivity contribution in [3.8, 4) is 5.75 Å². The maximum Gasteiger partial charge on any atom is 0.341 e. The van der Waals surface area contributed by atoms with Crippen LogP contribution in [0.5, 0.6) is 5.75 Å². The van der Waals surface area contributed by atoms with Crippen LogP contribution in [0.3, 0.4) is 0 Å². The first-order chi connectivity index (χ1) is 12.4. The Labute approximate surface area is 146 Å². The van der Waals surface area contributed by atoms with Crippen molar-refractivity contribution < 1.29 is 23.4 Å². The minimum absolute atomic E-state index is 0.0150. The Balaban J connectivity index is 2.42. The SMILES string of the molecule is COc1c(N2CCC(N)C2)c(F)cc2c(=O)c(C(=O)O)cn(/C=C/F)c12. The van der Waals surface area contributed by atoms with E-state index >= 15 is 0 Å². The fourth-order valence-corrected chi connectivity index (χ4v) is 3.25. The van der Waals surface area contributed by atoms with E-state index in [-0.39, 0.29) is 34.7 Å². The number of fused-ring (bicyclic) bond motifs is 1. The summed E-state index contributed by atoms with van der Waals surface area (Å²) in [7, 11) is 1.30. The minimum Gasteiger partial charge on any atom is -0.492 e. The highest BCUT2D eigenvalue weighted by molar-refractivity contribution is 5.97. The Bertz CT molecular complexity index is 971. The average Bonchev–Trinajstić information content (AvgIpc) is 3.02. The Morgan fingerprint density at radius 1 is 1.50 bits per heavy atom. The van der Waals surface area contributed by atoms with Crippen LogP contribution in [-0.2, 0) is 0 Å². The number of carboxylic acids is 1. The zero-order valence-electron chi connectivity index (χ0n) is 13.9. The van der Waals surface area contributed by atoms with Crippen molar-refractivity contribution in [1.29, 1.82) is 0 Å². The second kappa shape index (κ2) is 6.75. The van der Waals surface area contributed by atoms with Crippen LogP contribution in [0.4, 0.5) is 14.5 Å². The molecule has 1 aromatic heterocycles. The van der Waals surface area contributed by atoms with Gasteiger partial charge in [0.05, 0.1) is 12.5 Å². The molecule has 7 nitrogen and oxygen atoms in total. The van der Waals surface area contributed by atoms with E-state index in [0.29, 0.717) is 19.5 Å². The number of aromatic carboxylic acids is 1. The van der Waals surface area contributed by atoms with Gasteiger partial charge in [-0.15, -0.1) is 0 Å². The highest BCUT2D eigenvalue weighted by atomic mass is 19.1. The molecular weight excluding hydrogens is 348 g/mol. The average molecular weight is 365 g/mol. The number of benzene rings is 1. The number of halogens is 2. The molecule has 1 saturated heterocycles. The highest BCUT2D eigenvalue weighted by Gasteiger charge is 2.28. The fourth-order valence-electron chi connectivity index (χ4n) is 3.25. The summed E-state index contributed by atoms with van der Waals surface area (Å²) in [5, 5.41) is 8.97. The van der Waals surface area contributed by atoms with Crippen LogP contribution in [-0.4, -0.2) is 41.9 Å². The molecule has 3 N–H and O–H groups in total. The predicted octanol–water partition coefficient (Wildman–Crippen LogP) is 1.78. The molecule has 0 aliphatic carbocycles. The number of carbonyl (C=O) groups is 1. The smallest absolute Gasteiger partial charge is 0.341 e. The molecule has 1 unspecified atom stereocenters. The number of carboxylic acid groups (broad SMARTS) is 1. The molecule has 2 aromatic rings. The van der Waals surface area contributed by atoms with Crippen LogP contribution in [0.2, 0.25) is 0 Å². The van der Waals surface area contributed by atoms with E-state index in [1.165, 1.54) is 7.11 Å². The van der Waals surface area contributed by atoms with Crippen LogP contribution in [0.25, 0.3) is 17.1 Å². The number of pyridine rings is 1. The highest BCUT2D eigenvalue weighted by Crippen LogP contribution is 2.39. The number of nitrogens with zero attached hydrogens (tertiary/aromatic N) is 2. The van der Waals surface area contributed by atoms with Gasteiger partial charge in [-0.1, -0.05) is 0 Å². The molecule has 3 rings (SSSR count). The number of hydrogen-bond acceptors (Lipinski definition) is 5. The molecule has 9 heteroatoms. The van der Waals surface area contributed by atoms with E-state index in [0.717, 1.165) is 23.0 Å². The minimum atomic E-state index is -1.49. The van der Waals surface area contributed by atoms with Crippen LogP contribution in [0.1, 0.15) is 16.8 Å². The first-order valence-electron chi connectivity index (χ1n) is 7.85. The standard InChI is InChI=1S/C17H17F2N3O4/c1-26-16-13-10(6-12(19)14(16)21-4-2-9(20)7-21)15(23)11(17(24)25)8-22(13)5-3-18/h3,5-6,8-9H,2,4,7,20H2,1H3,(H,24,25)/b5-3+. The monoisotopic (exact) mass is 365 g/mol. The van der Waals surface area contributed by atoms with Crippen molar-refractivity contribution in [3.63, 3.8) is 0 Å². The lowest BCUT2D eigenvalue weighted by Gasteiger charge is -2.23. The summed E-state index contributed by atoms with van der Waals surface area (Å²) in [4.78, 5) is 25.5. The molecule has 1 atom stereocenters. The molecule has 2 heterocycles. The Morgan fingerprint density at radius 2 is 2.23 bits per heavy atom. The molecule has 0 radical (unpaired) electrons. The third-order valence-corrected chi connectivity index (χ3v) is 4.39. The molecule has 26 heavy (non-hydrogen) atoms. The number of nitrogens with two attached hydrogens (primary N) is 1. The van der Waals surface area contributed by atoms with Gasteiger partial charge in [0, 0.05) is 31.5 Å². The summed E-state index contributed by atoms with van der Waals surface area (Å²) in [6.45, 7) is 0.894. The van der Waals surface area contributed by atoms with E-state index in [2.05, 4.69) is 0 Å². The molecule has 1 aliphatic heterocycles. The van der Waals surface area contributed by atoms with Crippen molar-refractivity contribution in [3.05, 3.63) is 40.2 Å².